The largest absolute Gasteiger partial charge is 0.497 e. The molecule has 2 aromatic rings. The van der Waals surface area contributed by atoms with Crippen LogP contribution in [-0.4, -0.2) is 19.7 Å². The van der Waals surface area contributed by atoms with Crippen molar-refractivity contribution in [3.63, 3.8) is 0 Å². The van der Waals surface area contributed by atoms with Crippen LogP contribution in [0.1, 0.15) is 25.0 Å². The van der Waals surface area contributed by atoms with Crippen molar-refractivity contribution in [2.75, 3.05) is 13.7 Å². The Morgan fingerprint density at radius 3 is 2.29 bits per heavy atom. The van der Waals surface area contributed by atoms with Crippen molar-refractivity contribution in [2.45, 2.75) is 25.8 Å². The van der Waals surface area contributed by atoms with Crippen LogP contribution in [0.5, 0.6) is 5.75 Å². The Morgan fingerprint density at radius 1 is 1.08 bits per heavy atom. The van der Waals surface area contributed by atoms with Crippen LogP contribution in [-0.2, 0) is 12.0 Å². The third kappa shape index (κ3) is 5.17. The van der Waals surface area contributed by atoms with Gasteiger partial charge in [-0.15, -0.1) is 0 Å². The van der Waals surface area contributed by atoms with Gasteiger partial charge in [0.1, 0.15) is 5.75 Å². The van der Waals surface area contributed by atoms with Gasteiger partial charge < -0.3 is 15.4 Å². The monoisotopic (exact) mass is 346 g/mol. The molecule has 2 aromatic carbocycles. The Kier molecular flexibility index (Phi) is 6.10. The van der Waals surface area contributed by atoms with Crippen LogP contribution in [0.25, 0.3) is 0 Å². The lowest BCUT2D eigenvalue weighted by molar-refractivity contribution is 0.230. The lowest BCUT2D eigenvalue weighted by Crippen LogP contribution is -2.46. The number of carbonyl (C=O) groups excluding carboxylic acids is 1. The first-order chi connectivity index (χ1) is 11.4. The van der Waals surface area contributed by atoms with Crippen molar-refractivity contribution in [3.05, 3.63) is 64.7 Å². The number of ether oxygens (including phenoxy) is 1. The molecule has 2 N–H and O–H groups in total. The summed E-state index contributed by atoms with van der Waals surface area (Å²) in [6, 6.07) is 15.1. The fourth-order valence-electron chi connectivity index (χ4n) is 2.38. The van der Waals surface area contributed by atoms with Gasteiger partial charge in [-0.05, 0) is 55.7 Å². The van der Waals surface area contributed by atoms with Crippen LogP contribution in [0.2, 0.25) is 5.02 Å². The molecular formula is C19H23ClN2O2. The van der Waals surface area contributed by atoms with E-state index in [2.05, 4.69) is 10.6 Å². The second kappa shape index (κ2) is 8.06. The number of hydrogen-bond acceptors (Lipinski definition) is 2. The smallest absolute Gasteiger partial charge is 0.315 e. The fraction of sp³-hybridized carbons (Fsp3) is 0.316. The Balaban J connectivity index is 1.84. The molecule has 0 heterocycles. The maximum atomic E-state index is 12.1. The van der Waals surface area contributed by atoms with Gasteiger partial charge in [0.2, 0.25) is 0 Å². The third-order valence-corrected chi connectivity index (χ3v) is 4.10. The Labute approximate surface area is 148 Å². The van der Waals surface area contributed by atoms with E-state index < -0.39 is 5.54 Å². The predicted molar refractivity (Wildman–Crippen MR) is 97.7 cm³/mol. The van der Waals surface area contributed by atoms with Crippen molar-refractivity contribution in [1.82, 2.24) is 10.6 Å². The number of benzene rings is 2. The summed E-state index contributed by atoms with van der Waals surface area (Å²) in [5.41, 5.74) is 1.67. The first-order valence-corrected chi connectivity index (χ1v) is 8.23. The van der Waals surface area contributed by atoms with Crippen molar-refractivity contribution in [3.8, 4) is 5.75 Å². The van der Waals surface area contributed by atoms with Crippen molar-refractivity contribution < 1.29 is 9.53 Å². The van der Waals surface area contributed by atoms with E-state index in [1.54, 1.807) is 7.11 Å². The van der Waals surface area contributed by atoms with E-state index in [-0.39, 0.29) is 6.03 Å². The van der Waals surface area contributed by atoms with E-state index in [9.17, 15) is 4.79 Å². The molecule has 4 nitrogen and oxygen atoms in total. The first-order valence-electron chi connectivity index (χ1n) is 7.86. The highest BCUT2D eigenvalue weighted by molar-refractivity contribution is 6.30. The van der Waals surface area contributed by atoms with E-state index in [0.29, 0.717) is 11.6 Å². The zero-order valence-electron chi connectivity index (χ0n) is 14.2. The zero-order valence-corrected chi connectivity index (χ0v) is 15.0. The van der Waals surface area contributed by atoms with Gasteiger partial charge in [0.05, 0.1) is 12.6 Å². The molecule has 0 aliphatic rings. The maximum Gasteiger partial charge on any atom is 0.315 e. The molecule has 0 aromatic heterocycles. The number of amides is 2. The second-order valence-electron chi connectivity index (χ2n) is 6.11. The molecule has 0 saturated carbocycles. The molecule has 0 aliphatic heterocycles. The molecule has 24 heavy (non-hydrogen) atoms. The standard InChI is InChI=1S/C19H23ClN2O2/c1-19(2,15-6-10-17(24-3)11-7-15)22-18(23)21-13-12-14-4-8-16(20)9-5-14/h4-11H,12-13H2,1-3H3,(H2,21,22,23). The minimum atomic E-state index is -0.476. The lowest BCUT2D eigenvalue weighted by Gasteiger charge is -2.27. The second-order valence-corrected chi connectivity index (χ2v) is 6.55. The van der Waals surface area contributed by atoms with Crippen molar-refractivity contribution in [2.24, 2.45) is 0 Å². The molecule has 0 bridgehead atoms. The SMILES string of the molecule is COc1ccc(C(C)(C)NC(=O)NCCc2ccc(Cl)cc2)cc1. The van der Waals surface area contributed by atoms with Gasteiger partial charge >= 0.3 is 6.03 Å². The molecule has 2 rings (SSSR count). The predicted octanol–water partition coefficient (Wildman–Crippen LogP) is 4.13. The molecule has 0 atom stereocenters. The van der Waals surface area contributed by atoms with Gasteiger partial charge in [-0.2, -0.15) is 0 Å². The molecule has 0 fully saturated rings. The van der Waals surface area contributed by atoms with Crippen LogP contribution in [0, 0.1) is 0 Å². The normalized spacial score (nSPS) is 11.0. The molecule has 5 heteroatoms. The molecule has 0 aliphatic carbocycles. The highest BCUT2D eigenvalue weighted by atomic mass is 35.5. The quantitative estimate of drug-likeness (QED) is 0.826. The molecule has 0 radical (unpaired) electrons. The number of nitrogens with one attached hydrogen (secondary N) is 2. The van der Waals surface area contributed by atoms with E-state index in [1.165, 1.54) is 0 Å². The van der Waals surface area contributed by atoms with Crippen LogP contribution in [0.4, 0.5) is 4.79 Å². The molecule has 2 amide bonds. The number of urea groups is 1. The number of carbonyl (C=O) groups is 1. The van der Waals surface area contributed by atoms with Crippen LogP contribution >= 0.6 is 11.6 Å². The first kappa shape index (κ1) is 18.1. The summed E-state index contributed by atoms with van der Waals surface area (Å²) in [6.45, 7) is 4.49. The minimum absolute atomic E-state index is 0.190. The van der Waals surface area contributed by atoms with Crippen molar-refractivity contribution >= 4 is 17.6 Å². The summed E-state index contributed by atoms with van der Waals surface area (Å²) in [5.74, 6) is 0.793. The van der Waals surface area contributed by atoms with Gasteiger partial charge in [-0.25, -0.2) is 4.79 Å². The summed E-state index contributed by atoms with van der Waals surface area (Å²) in [4.78, 5) is 12.1. The third-order valence-electron chi connectivity index (χ3n) is 3.85. The summed E-state index contributed by atoms with van der Waals surface area (Å²) in [6.07, 6.45) is 0.757. The van der Waals surface area contributed by atoms with Gasteiger partial charge in [0.25, 0.3) is 0 Å². The maximum absolute atomic E-state index is 12.1. The van der Waals surface area contributed by atoms with Crippen LogP contribution < -0.4 is 15.4 Å². The molecule has 0 saturated heterocycles. The lowest BCUT2D eigenvalue weighted by atomic mass is 9.94. The van der Waals surface area contributed by atoms with Crippen LogP contribution in [0.15, 0.2) is 48.5 Å². The minimum Gasteiger partial charge on any atom is -0.497 e. The summed E-state index contributed by atoms with van der Waals surface area (Å²) in [5, 5.41) is 6.59. The Hall–Kier alpha value is -2.20. The average molecular weight is 347 g/mol. The number of methoxy groups -OCH3 is 1. The van der Waals surface area contributed by atoms with Crippen LogP contribution in [0.3, 0.4) is 0 Å². The Morgan fingerprint density at radius 2 is 1.71 bits per heavy atom. The highest BCUT2D eigenvalue weighted by Gasteiger charge is 2.22. The number of rotatable bonds is 6. The van der Waals surface area contributed by atoms with Crippen molar-refractivity contribution in [1.29, 1.82) is 0 Å². The average Bonchev–Trinajstić information content (AvgIpc) is 2.56. The summed E-state index contributed by atoms with van der Waals surface area (Å²) in [7, 11) is 1.63. The molecular weight excluding hydrogens is 324 g/mol. The Bertz CT molecular complexity index is 667. The molecule has 128 valence electrons. The zero-order chi connectivity index (χ0) is 17.6. The van der Waals surface area contributed by atoms with Gasteiger partial charge in [0.15, 0.2) is 0 Å². The highest BCUT2D eigenvalue weighted by Crippen LogP contribution is 2.22. The summed E-state index contributed by atoms with van der Waals surface area (Å²) < 4.78 is 5.16. The van der Waals surface area contributed by atoms with Gasteiger partial charge in [-0.3, -0.25) is 0 Å². The van der Waals surface area contributed by atoms with Gasteiger partial charge in [0, 0.05) is 11.6 Å². The molecule has 0 unspecified atom stereocenters. The van der Waals surface area contributed by atoms with E-state index >= 15 is 0 Å². The molecule has 0 spiro atoms. The number of halogens is 1. The van der Waals surface area contributed by atoms with E-state index in [1.807, 2.05) is 62.4 Å². The fourth-order valence-corrected chi connectivity index (χ4v) is 2.51. The van der Waals surface area contributed by atoms with E-state index in [4.69, 9.17) is 16.3 Å². The topological polar surface area (TPSA) is 50.4 Å². The number of hydrogen-bond donors (Lipinski definition) is 2. The van der Waals surface area contributed by atoms with E-state index in [0.717, 1.165) is 23.3 Å². The van der Waals surface area contributed by atoms with Gasteiger partial charge in [-0.1, -0.05) is 35.9 Å². The summed E-state index contributed by atoms with van der Waals surface area (Å²) >= 11 is 5.86.